The van der Waals surface area contributed by atoms with Gasteiger partial charge in [0.2, 0.25) is 0 Å². The van der Waals surface area contributed by atoms with Crippen LogP contribution in [0.3, 0.4) is 0 Å². The molecule has 0 aliphatic rings. The van der Waals surface area contributed by atoms with Crippen LogP contribution in [0.4, 0.5) is 17.1 Å². The fourth-order valence-corrected chi connectivity index (χ4v) is 2.71. The summed E-state index contributed by atoms with van der Waals surface area (Å²) >= 11 is 0. The van der Waals surface area contributed by atoms with Crippen molar-refractivity contribution in [3.8, 4) is 0 Å². The van der Waals surface area contributed by atoms with Gasteiger partial charge in [-0.25, -0.2) is 0 Å². The van der Waals surface area contributed by atoms with Crippen LogP contribution in [0, 0.1) is 0 Å². The van der Waals surface area contributed by atoms with Gasteiger partial charge >= 0.3 is 0 Å². The Hall–Kier alpha value is -2.34. The SMILES string of the molecule is Nc1ccc(N=Nc2cc(S(=O)(=O)O)ccc2S(=O)(=O)O)cc1. The van der Waals surface area contributed by atoms with Gasteiger partial charge in [0.05, 0.1) is 10.6 Å². The summed E-state index contributed by atoms with van der Waals surface area (Å²) in [6, 6.07) is 8.46. The predicted molar refractivity (Wildman–Crippen MR) is 81.1 cm³/mol. The van der Waals surface area contributed by atoms with Crippen LogP contribution in [-0.4, -0.2) is 25.9 Å². The van der Waals surface area contributed by atoms with Gasteiger partial charge in [-0.3, -0.25) is 9.11 Å². The van der Waals surface area contributed by atoms with Crippen LogP contribution in [0.25, 0.3) is 0 Å². The number of nitrogen functional groups attached to an aromatic ring is 1. The summed E-state index contributed by atoms with van der Waals surface area (Å²) in [4.78, 5) is -1.24. The zero-order valence-corrected chi connectivity index (χ0v) is 13.0. The second kappa shape index (κ2) is 6.04. The Morgan fingerprint density at radius 1 is 0.826 bits per heavy atom. The van der Waals surface area contributed by atoms with Crippen LogP contribution < -0.4 is 5.73 Å². The predicted octanol–water partition coefficient (Wildman–Crippen LogP) is 2.18. The smallest absolute Gasteiger partial charge is 0.296 e. The monoisotopic (exact) mass is 357 g/mol. The summed E-state index contributed by atoms with van der Waals surface area (Å²) in [6.07, 6.45) is 0. The van der Waals surface area contributed by atoms with E-state index >= 15 is 0 Å². The van der Waals surface area contributed by atoms with Crippen molar-refractivity contribution in [2.24, 2.45) is 10.2 Å². The molecule has 122 valence electrons. The van der Waals surface area contributed by atoms with Crippen molar-refractivity contribution in [3.63, 3.8) is 0 Å². The van der Waals surface area contributed by atoms with Crippen molar-refractivity contribution in [2.45, 2.75) is 9.79 Å². The second-order valence-electron chi connectivity index (χ2n) is 4.37. The molecule has 0 amide bonds. The van der Waals surface area contributed by atoms with Crippen molar-refractivity contribution in [1.82, 2.24) is 0 Å². The molecular weight excluding hydrogens is 346 g/mol. The van der Waals surface area contributed by atoms with E-state index in [0.717, 1.165) is 18.2 Å². The number of benzene rings is 2. The first-order valence-electron chi connectivity index (χ1n) is 5.94. The van der Waals surface area contributed by atoms with Gasteiger partial charge in [-0.1, -0.05) is 0 Å². The lowest BCUT2D eigenvalue weighted by molar-refractivity contribution is 0.478. The van der Waals surface area contributed by atoms with E-state index in [4.69, 9.17) is 14.8 Å². The second-order valence-corrected chi connectivity index (χ2v) is 7.18. The lowest BCUT2D eigenvalue weighted by atomic mass is 10.3. The topological polar surface area (TPSA) is 159 Å². The molecule has 0 saturated heterocycles. The Kier molecular flexibility index (Phi) is 4.47. The summed E-state index contributed by atoms with van der Waals surface area (Å²) in [5, 5.41) is 7.35. The maximum absolute atomic E-state index is 11.3. The molecule has 0 fully saturated rings. The van der Waals surface area contributed by atoms with Gasteiger partial charge in [-0.05, 0) is 42.5 Å². The van der Waals surface area contributed by atoms with E-state index in [9.17, 15) is 16.8 Å². The number of azo groups is 1. The number of hydrogen-bond donors (Lipinski definition) is 3. The average molecular weight is 357 g/mol. The van der Waals surface area contributed by atoms with Crippen molar-refractivity contribution in [3.05, 3.63) is 42.5 Å². The van der Waals surface area contributed by atoms with Crippen molar-refractivity contribution < 1.29 is 25.9 Å². The summed E-state index contributed by atoms with van der Waals surface area (Å²) in [5.74, 6) is 0. The summed E-state index contributed by atoms with van der Waals surface area (Å²) < 4.78 is 63.0. The third-order valence-electron chi connectivity index (χ3n) is 2.67. The maximum atomic E-state index is 11.3. The molecule has 0 saturated carbocycles. The Labute approximate surface area is 132 Å². The number of nitrogens with two attached hydrogens (primary N) is 1. The van der Waals surface area contributed by atoms with Gasteiger partial charge in [-0.15, -0.1) is 5.11 Å². The number of nitrogens with zero attached hydrogens (tertiary/aromatic N) is 2. The summed E-state index contributed by atoms with van der Waals surface area (Å²) in [7, 11) is -9.23. The molecule has 0 aromatic heterocycles. The fourth-order valence-electron chi connectivity index (χ4n) is 1.61. The molecule has 0 unspecified atom stereocenters. The number of anilines is 1. The third kappa shape index (κ3) is 4.32. The Morgan fingerprint density at radius 3 is 1.96 bits per heavy atom. The van der Waals surface area contributed by atoms with Gasteiger partial charge < -0.3 is 5.73 Å². The normalized spacial score (nSPS) is 12.6. The largest absolute Gasteiger partial charge is 0.399 e. The van der Waals surface area contributed by atoms with Crippen molar-refractivity contribution in [2.75, 3.05) is 5.73 Å². The molecule has 2 rings (SSSR count). The van der Waals surface area contributed by atoms with E-state index in [1.807, 2.05) is 0 Å². The highest BCUT2D eigenvalue weighted by Gasteiger charge is 2.19. The van der Waals surface area contributed by atoms with E-state index in [1.54, 1.807) is 0 Å². The van der Waals surface area contributed by atoms with E-state index in [-0.39, 0.29) is 0 Å². The fraction of sp³-hybridized carbons (Fsp3) is 0. The van der Waals surface area contributed by atoms with Crippen LogP contribution >= 0.6 is 0 Å². The van der Waals surface area contributed by atoms with Crippen LogP contribution in [0.1, 0.15) is 0 Å². The molecule has 2 aromatic carbocycles. The first-order valence-corrected chi connectivity index (χ1v) is 8.82. The molecule has 0 aliphatic heterocycles. The standard InChI is InChI=1S/C12H11N3O6S2/c13-8-1-3-9(4-2-8)14-15-11-7-10(22(16,17)18)5-6-12(11)23(19,20)21/h1-7H,13H2,(H,16,17,18)(H,19,20,21). The summed E-state index contributed by atoms with van der Waals surface area (Å²) in [6.45, 7) is 0. The van der Waals surface area contributed by atoms with Gasteiger partial charge in [-0.2, -0.15) is 21.9 Å². The van der Waals surface area contributed by atoms with Crippen LogP contribution in [0.15, 0.2) is 62.5 Å². The maximum Gasteiger partial charge on any atom is 0.296 e. The highest BCUT2D eigenvalue weighted by molar-refractivity contribution is 7.86. The Morgan fingerprint density at radius 2 is 1.43 bits per heavy atom. The Bertz CT molecular complexity index is 966. The minimum Gasteiger partial charge on any atom is -0.399 e. The Balaban J connectivity index is 2.55. The van der Waals surface area contributed by atoms with E-state index in [0.29, 0.717) is 11.4 Å². The molecule has 0 bridgehead atoms. The minimum atomic E-state index is -4.66. The van der Waals surface area contributed by atoms with Gasteiger partial charge in [0.25, 0.3) is 20.2 Å². The first-order chi connectivity index (χ1) is 10.6. The number of hydrogen-bond acceptors (Lipinski definition) is 7. The lowest BCUT2D eigenvalue weighted by Gasteiger charge is -2.04. The zero-order valence-electron chi connectivity index (χ0n) is 11.4. The molecule has 0 heterocycles. The molecule has 0 aliphatic carbocycles. The van der Waals surface area contributed by atoms with Crippen LogP contribution in [0.5, 0.6) is 0 Å². The lowest BCUT2D eigenvalue weighted by Crippen LogP contribution is -2.02. The molecule has 11 heteroatoms. The quantitative estimate of drug-likeness (QED) is 0.429. The van der Waals surface area contributed by atoms with Gasteiger partial charge in [0.15, 0.2) is 0 Å². The van der Waals surface area contributed by atoms with E-state index in [2.05, 4.69) is 10.2 Å². The van der Waals surface area contributed by atoms with Gasteiger partial charge in [0.1, 0.15) is 10.6 Å². The molecule has 2 aromatic rings. The average Bonchev–Trinajstić information content (AvgIpc) is 2.44. The van der Waals surface area contributed by atoms with Crippen molar-refractivity contribution in [1.29, 1.82) is 0 Å². The van der Waals surface area contributed by atoms with Crippen molar-refractivity contribution >= 4 is 37.3 Å². The minimum absolute atomic E-state index is 0.317. The summed E-state index contributed by atoms with van der Waals surface area (Å²) in [5.41, 5.74) is 5.86. The number of rotatable bonds is 4. The van der Waals surface area contributed by atoms with Crippen LogP contribution in [-0.2, 0) is 20.2 Å². The zero-order chi connectivity index (χ0) is 17.3. The molecule has 0 atom stereocenters. The van der Waals surface area contributed by atoms with E-state index < -0.39 is 35.7 Å². The molecule has 4 N–H and O–H groups in total. The van der Waals surface area contributed by atoms with E-state index in [1.165, 1.54) is 24.3 Å². The highest BCUT2D eigenvalue weighted by atomic mass is 32.2. The molecule has 0 radical (unpaired) electrons. The van der Waals surface area contributed by atoms with Crippen LogP contribution in [0.2, 0.25) is 0 Å². The molecule has 23 heavy (non-hydrogen) atoms. The molecule has 9 nitrogen and oxygen atoms in total. The third-order valence-corrected chi connectivity index (χ3v) is 4.42. The first kappa shape index (κ1) is 17.0. The molecule has 0 spiro atoms. The highest BCUT2D eigenvalue weighted by Crippen LogP contribution is 2.29. The van der Waals surface area contributed by atoms with Gasteiger partial charge in [0, 0.05) is 5.69 Å². The molecular formula is C12H11N3O6S2.